The first-order valence-electron chi connectivity index (χ1n) is 8.28. The summed E-state index contributed by atoms with van der Waals surface area (Å²) in [5.41, 5.74) is 4.00. The van der Waals surface area contributed by atoms with E-state index in [0.29, 0.717) is 6.42 Å². The molecule has 1 unspecified atom stereocenters. The van der Waals surface area contributed by atoms with Crippen molar-refractivity contribution < 1.29 is 9.72 Å². The van der Waals surface area contributed by atoms with E-state index in [1.54, 1.807) is 23.9 Å². The Hall–Kier alpha value is -2.08. The van der Waals surface area contributed by atoms with Gasteiger partial charge < -0.3 is 5.32 Å². The maximum absolute atomic E-state index is 12.6. The monoisotopic (exact) mass is 342 g/mol. The van der Waals surface area contributed by atoms with Gasteiger partial charge in [-0.05, 0) is 37.0 Å². The van der Waals surface area contributed by atoms with Crippen molar-refractivity contribution in [2.24, 2.45) is 0 Å². The summed E-state index contributed by atoms with van der Waals surface area (Å²) in [4.78, 5) is 24.6. The molecule has 2 aliphatic heterocycles. The van der Waals surface area contributed by atoms with E-state index < -0.39 is 0 Å². The number of benzene rings is 1. The second kappa shape index (κ2) is 6.09. The first-order chi connectivity index (χ1) is 11.6. The number of ketones is 1. The van der Waals surface area contributed by atoms with Crippen molar-refractivity contribution in [3.05, 3.63) is 61.8 Å². The third-order valence-electron chi connectivity index (χ3n) is 4.85. The number of allylic oxidation sites excluding steroid dienone is 4. The van der Waals surface area contributed by atoms with Crippen molar-refractivity contribution in [2.75, 3.05) is 5.75 Å². The summed E-state index contributed by atoms with van der Waals surface area (Å²) in [6.07, 6.45) is 4.43. The van der Waals surface area contributed by atoms with Crippen LogP contribution in [0, 0.1) is 10.1 Å². The van der Waals surface area contributed by atoms with E-state index in [9.17, 15) is 14.9 Å². The number of nitro groups is 1. The molecule has 2 heterocycles. The SMILES string of the molecule is O=C1CCCC2=C1C(c1cccc([N+](=O)[O-])c1)C1=C(CCCS1)N2. The molecular formula is C18H18N2O3S. The number of nitrogens with zero attached hydrogens (tertiary/aromatic N) is 1. The van der Waals surface area contributed by atoms with Crippen LogP contribution in [0.25, 0.3) is 0 Å². The van der Waals surface area contributed by atoms with E-state index in [4.69, 9.17) is 0 Å². The quantitative estimate of drug-likeness (QED) is 0.649. The normalized spacial score (nSPS) is 23.5. The Morgan fingerprint density at radius 2 is 2.00 bits per heavy atom. The van der Waals surface area contributed by atoms with E-state index in [1.807, 2.05) is 6.07 Å². The smallest absolute Gasteiger partial charge is 0.269 e. The minimum absolute atomic E-state index is 0.0828. The third-order valence-corrected chi connectivity index (χ3v) is 6.14. The van der Waals surface area contributed by atoms with Crippen molar-refractivity contribution >= 4 is 23.2 Å². The number of carbonyl (C=O) groups excluding carboxylic acids is 1. The number of rotatable bonds is 2. The van der Waals surface area contributed by atoms with Crippen molar-refractivity contribution in [1.29, 1.82) is 0 Å². The Kier molecular flexibility index (Phi) is 3.92. The molecule has 24 heavy (non-hydrogen) atoms. The minimum atomic E-state index is -0.369. The number of nitrogens with one attached hydrogen (secondary N) is 1. The lowest BCUT2D eigenvalue weighted by atomic mass is 9.79. The maximum Gasteiger partial charge on any atom is 0.269 e. The summed E-state index contributed by atoms with van der Waals surface area (Å²) in [5, 5.41) is 14.7. The predicted molar refractivity (Wildman–Crippen MR) is 93.6 cm³/mol. The van der Waals surface area contributed by atoms with Crippen LogP contribution in [0.15, 0.2) is 46.1 Å². The lowest BCUT2D eigenvalue weighted by molar-refractivity contribution is -0.384. The molecule has 5 nitrogen and oxygen atoms in total. The van der Waals surface area contributed by atoms with Gasteiger partial charge in [0.2, 0.25) is 0 Å². The fourth-order valence-electron chi connectivity index (χ4n) is 3.80. The highest BCUT2D eigenvalue weighted by molar-refractivity contribution is 8.03. The second-order valence-corrected chi connectivity index (χ2v) is 7.51. The molecule has 1 N–H and O–H groups in total. The van der Waals surface area contributed by atoms with Crippen LogP contribution in [0.2, 0.25) is 0 Å². The number of thioether (sulfide) groups is 1. The number of carbonyl (C=O) groups is 1. The summed E-state index contributed by atoms with van der Waals surface area (Å²) < 4.78 is 0. The lowest BCUT2D eigenvalue weighted by Crippen LogP contribution is -2.32. The molecule has 1 aliphatic carbocycles. The summed E-state index contributed by atoms with van der Waals surface area (Å²) in [6, 6.07) is 6.76. The van der Waals surface area contributed by atoms with Crippen molar-refractivity contribution in [3.8, 4) is 0 Å². The number of Topliss-reactive ketones (excluding diaryl/α,β-unsaturated/α-hetero) is 1. The number of hydrogen-bond donors (Lipinski definition) is 1. The molecule has 1 atom stereocenters. The lowest BCUT2D eigenvalue weighted by Gasteiger charge is -2.37. The summed E-state index contributed by atoms with van der Waals surface area (Å²) in [5.74, 6) is 1.06. The molecule has 0 aromatic heterocycles. The Bertz CT molecular complexity index is 797. The number of non-ortho nitro benzene ring substituents is 1. The van der Waals surface area contributed by atoms with Crippen LogP contribution in [-0.4, -0.2) is 16.5 Å². The van der Waals surface area contributed by atoms with Crippen LogP contribution in [0.5, 0.6) is 0 Å². The molecule has 0 saturated carbocycles. The van der Waals surface area contributed by atoms with Gasteiger partial charge in [0, 0.05) is 46.3 Å². The Morgan fingerprint density at radius 1 is 1.17 bits per heavy atom. The molecule has 0 fully saturated rings. The molecule has 0 spiro atoms. The van der Waals surface area contributed by atoms with Crippen molar-refractivity contribution in [1.82, 2.24) is 5.32 Å². The molecule has 0 saturated heterocycles. The molecule has 3 aliphatic rings. The zero-order chi connectivity index (χ0) is 16.7. The van der Waals surface area contributed by atoms with Crippen molar-refractivity contribution in [2.45, 2.75) is 38.0 Å². The minimum Gasteiger partial charge on any atom is -0.361 e. The van der Waals surface area contributed by atoms with Crippen LogP contribution in [-0.2, 0) is 4.79 Å². The highest BCUT2D eigenvalue weighted by atomic mass is 32.2. The maximum atomic E-state index is 12.6. The first kappa shape index (κ1) is 15.4. The highest BCUT2D eigenvalue weighted by Crippen LogP contribution is 2.49. The first-order valence-corrected chi connectivity index (χ1v) is 9.27. The van der Waals surface area contributed by atoms with Gasteiger partial charge in [0.25, 0.3) is 5.69 Å². The fraction of sp³-hybridized carbons (Fsp3) is 0.389. The van der Waals surface area contributed by atoms with Crippen LogP contribution in [0.3, 0.4) is 0 Å². The summed E-state index contributed by atoms with van der Waals surface area (Å²) in [7, 11) is 0. The second-order valence-electron chi connectivity index (χ2n) is 6.37. The predicted octanol–water partition coefficient (Wildman–Crippen LogP) is 4.03. The number of dihydropyridines is 1. The molecule has 0 radical (unpaired) electrons. The zero-order valence-corrected chi connectivity index (χ0v) is 14.0. The van der Waals surface area contributed by atoms with E-state index >= 15 is 0 Å². The Labute approximate surface area is 144 Å². The largest absolute Gasteiger partial charge is 0.361 e. The van der Waals surface area contributed by atoms with Gasteiger partial charge in [0.15, 0.2) is 5.78 Å². The molecule has 0 bridgehead atoms. The zero-order valence-electron chi connectivity index (χ0n) is 13.2. The molecule has 6 heteroatoms. The topological polar surface area (TPSA) is 72.2 Å². The van der Waals surface area contributed by atoms with Gasteiger partial charge in [-0.25, -0.2) is 0 Å². The average Bonchev–Trinajstić information content (AvgIpc) is 2.60. The summed E-state index contributed by atoms with van der Waals surface area (Å²) in [6.45, 7) is 0. The molecule has 0 amide bonds. The average molecular weight is 342 g/mol. The van der Waals surface area contributed by atoms with Crippen LogP contribution >= 0.6 is 11.8 Å². The summed E-state index contributed by atoms with van der Waals surface area (Å²) >= 11 is 1.78. The van der Waals surface area contributed by atoms with Crippen LogP contribution in [0.1, 0.15) is 43.6 Å². The van der Waals surface area contributed by atoms with Gasteiger partial charge in [-0.3, -0.25) is 14.9 Å². The third kappa shape index (κ3) is 2.55. The number of nitro benzene ring substituents is 1. The number of hydrogen-bond acceptors (Lipinski definition) is 5. The van der Waals surface area contributed by atoms with Gasteiger partial charge in [-0.2, -0.15) is 0 Å². The molecule has 124 valence electrons. The van der Waals surface area contributed by atoms with Gasteiger partial charge in [-0.1, -0.05) is 12.1 Å². The van der Waals surface area contributed by atoms with E-state index in [1.165, 1.54) is 16.7 Å². The molecule has 1 aromatic carbocycles. The van der Waals surface area contributed by atoms with Crippen LogP contribution < -0.4 is 5.32 Å². The van der Waals surface area contributed by atoms with E-state index in [2.05, 4.69) is 5.32 Å². The molecule has 4 rings (SSSR count). The van der Waals surface area contributed by atoms with Crippen LogP contribution in [0.4, 0.5) is 5.69 Å². The van der Waals surface area contributed by atoms with Gasteiger partial charge in [0.05, 0.1) is 4.92 Å². The standard InChI is InChI=1S/C18H18N2O3S/c21-15-8-2-6-13-17(15)16(18-14(19-13)7-3-9-24-18)11-4-1-5-12(10-11)20(22)23/h1,4-5,10,16,19H,2-3,6-9H2. The fourth-order valence-corrected chi connectivity index (χ4v) is 5.06. The van der Waals surface area contributed by atoms with Crippen molar-refractivity contribution in [3.63, 3.8) is 0 Å². The van der Waals surface area contributed by atoms with E-state index in [-0.39, 0.29) is 22.3 Å². The highest BCUT2D eigenvalue weighted by Gasteiger charge is 2.37. The van der Waals surface area contributed by atoms with Gasteiger partial charge >= 0.3 is 0 Å². The molecule has 1 aromatic rings. The Morgan fingerprint density at radius 3 is 2.83 bits per heavy atom. The molecular weight excluding hydrogens is 324 g/mol. The van der Waals surface area contributed by atoms with Gasteiger partial charge in [0.1, 0.15) is 0 Å². The Balaban J connectivity index is 1.87. The van der Waals surface area contributed by atoms with E-state index in [0.717, 1.165) is 48.3 Å². The van der Waals surface area contributed by atoms with Gasteiger partial charge in [-0.15, -0.1) is 11.8 Å².